The Labute approximate surface area is 121 Å². The van der Waals surface area contributed by atoms with Gasteiger partial charge in [-0.25, -0.2) is 0 Å². The van der Waals surface area contributed by atoms with Crippen molar-refractivity contribution in [1.29, 1.82) is 0 Å². The van der Waals surface area contributed by atoms with Gasteiger partial charge in [-0.1, -0.05) is 15.9 Å². The highest BCUT2D eigenvalue weighted by atomic mass is 79.9. The van der Waals surface area contributed by atoms with Crippen LogP contribution in [-0.4, -0.2) is 23.4 Å². The van der Waals surface area contributed by atoms with Crippen LogP contribution in [0, 0.1) is 0 Å². The average Bonchev–Trinajstić information content (AvgIpc) is 2.79. The van der Waals surface area contributed by atoms with Gasteiger partial charge in [0, 0.05) is 36.4 Å². The third kappa shape index (κ3) is 3.81. The fourth-order valence-electron chi connectivity index (χ4n) is 1.89. The molecule has 0 radical (unpaired) electrons. The zero-order chi connectivity index (χ0) is 13.7. The van der Waals surface area contributed by atoms with Crippen LogP contribution in [0.25, 0.3) is 0 Å². The van der Waals surface area contributed by atoms with Crippen LogP contribution in [0.3, 0.4) is 0 Å². The molecule has 1 heterocycles. The van der Waals surface area contributed by atoms with Gasteiger partial charge in [-0.2, -0.15) is 5.10 Å². The standard InChI is InChI=1S/C14H18BrN3O/c1-16-10-11-9-13(3-4-14(11)15)19-8-6-12-5-7-17-18(12)2/h3-5,7,9,16H,6,8,10H2,1-2H3. The summed E-state index contributed by atoms with van der Waals surface area (Å²) in [6.45, 7) is 1.47. The summed E-state index contributed by atoms with van der Waals surface area (Å²) < 4.78 is 8.76. The molecule has 0 spiro atoms. The summed E-state index contributed by atoms with van der Waals surface area (Å²) in [5.74, 6) is 0.899. The van der Waals surface area contributed by atoms with Crippen molar-refractivity contribution in [2.24, 2.45) is 7.05 Å². The molecule has 4 nitrogen and oxygen atoms in total. The minimum absolute atomic E-state index is 0.653. The van der Waals surface area contributed by atoms with Crippen LogP contribution in [-0.2, 0) is 20.0 Å². The molecule has 0 aliphatic heterocycles. The number of nitrogens with one attached hydrogen (secondary N) is 1. The summed E-state index contributed by atoms with van der Waals surface area (Å²) in [7, 11) is 3.88. The molecule has 1 aromatic carbocycles. The van der Waals surface area contributed by atoms with Gasteiger partial charge in [-0.05, 0) is 36.9 Å². The van der Waals surface area contributed by atoms with Crippen LogP contribution in [0.15, 0.2) is 34.9 Å². The van der Waals surface area contributed by atoms with E-state index in [0.717, 1.165) is 23.2 Å². The topological polar surface area (TPSA) is 39.1 Å². The fourth-order valence-corrected chi connectivity index (χ4v) is 2.27. The van der Waals surface area contributed by atoms with Gasteiger partial charge in [0.15, 0.2) is 0 Å². The first-order chi connectivity index (χ1) is 9.20. The monoisotopic (exact) mass is 323 g/mol. The number of benzene rings is 1. The number of nitrogens with zero attached hydrogens (tertiary/aromatic N) is 2. The molecule has 19 heavy (non-hydrogen) atoms. The van der Waals surface area contributed by atoms with Crippen molar-refractivity contribution in [1.82, 2.24) is 15.1 Å². The Morgan fingerprint density at radius 3 is 2.89 bits per heavy atom. The van der Waals surface area contributed by atoms with E-state index in [0.29, 0.717) is 6.61 Å². The molecule has 0 amide bonds. The number of rotatable bonds is 6. The second kappa shape index (κ2) is 6.73. The van der Waals surface area contributed by atoms with Crippen LogP contribution >= 0.6 is 15.9 Å². The molecule has 0 fully saturated rings. The highest BCUT2D eigenvalue weighted by Gasteiger charge is 2.03. The summed E-state index contributed by atoms with van der Waals surface area (Å²) in [5.41, 5.74) is 2.37. The van der Waals surface area contributed by atoms with Gasteiger partial charge in [0.2, 0.25) is 0 Å². The molecule has 0 saturated heterocycles. The first-order valence-electron chi connectivity index (χ1n) is 6.23. The molecule has 1 aromatic heterocycles. The summed E-state index contributed by atoms with van der Waals surface area (Å²) in [6, 6.07) is 8.07. The van der Waals surface area contributed by atoms with E-state index in [2.05, 4.69) is 32.4 Å². The number of aromatic nitrogens is 2. The van der Waals surface area contributed by atoms with Crippen molar-refractivity contribution in [2.75, 3.05) is 13.7 Å². The Balaban J connectivity index is 1.92. The highest BCUT2D eigenvalue weighted by Crippen LogP contribution is 2.22. The van der Waals surface area contributed by atoms with Crippen molar-refractivity contribution < 1.29 is 4.74 Å². The maximum atomic E-state index is 5.79. The van der Waals surface area contributed by atoms with E-state index in [1.807, 2.05) is 37.0 Å². The van der Waals surface area contributed by atoms with Gasteiger partial charge in [-0.15, -0.1) is 0 Å². The predicted octanol–water partition coefficient (Wildman–Crippen LogP) is 2.52. The van der Waals surface area contributed by atoms with Gasteiger partial charge >= 0.3 is 0 Å². The molecule has 2 rings (SSSR count). The highest BCUT2D eigenvalue weighted by molar-refractivity contribution is 9.10. The molecule has 5 heteroatoms. The molecule has 0 unspecified atom stereocenters. The first kappa shape index (κ1) is 14.1. The van der Waals surface area contributed by atoms with Crippen molar-refractivity contribution in [3.8, 4) is 5.75 Å². The summed E-state index contributed by atoms with van der Waals surface area (Å²) >= 11 is 3.53. The smallest absolute Gasteiger partial charge is 0.119 e. The van der Waals surface area contributed by atoms with Gasteiger partial charge in [0.1, 0.15) is 5.75 Å². The van der Waals surface area contributed by atoms with E-state index in [9.17, 15) is 0 Å². The number of hydrogen-bond acceptors (Lipinski definition) is 3. The van der Waals surface area contributed by atoms with Gasteiger partial charge in [0.05, 0.1) is 6.61 Å². The van der Waals surface area contributed by atoms with Crippen LogP contribution in [0.1, 0.15) is 11.3 Å². The van der Waals surface area contributed by atoms with Crippen LogP contribution in [0.4, 0.5) is 0 Å². The zero-order valence-corrected chi connectivity index (χ0v) is 12.8. The summed E-state index contributed by atoms with van der Waals surface area (Å²) in [5, 5.41) is 7.28. The second-order valence-electron chi connectivity index (χ2n) is 4.33. The van der Waals surface area contributed by atoms with E-state index < -0.39 is 0 Å². The molecule has 0 saturated carbocycles. The Kier molecular flexibility index (Phi) is 4.99. The molecule has 0 atom stereocenters. The summed E-state index contributed by atoms with van der Waals surface area (Å²) in [4.78, 5) is 0. The lowest BCUT2D eigenvalue weighted by atomic mass is 10.2. The molecular formula is C14H18BrN3O. The Morgan fingerprint density at radius 2 is 2.21 bits per heavy atom. The molecule has 0 aliphatic rings. The molecule has 0 aliphatic carbocycles. The lowest BCUT2D eigenvalue weighted by Gasteiger charge is -2.09. The van der Waals surface area contributed by atoms with E-state index in [1.54, 1.807) is 6.20 Å². The lowest BCUT2D eigenvalue weighted by molar-refractivity contribution is 0.318. The van der Waals surface area contributed by atoms with E-state index in [4.69, 9.17) is 4.74 Å². The van der Waals surface area contributed by atoms with Crippen LogP contribution in [0.5, 0.6) is 5.75 Å². The number of aryl methyl sites for hydroxylation is 1. The third-order valence-corrected chi connectivity index (χ3v) is 3.71. The molecule has 0 bridgehead atoms. The van der Waals surface area contributed by atoms with E-state index in [1.165, 1.54) is 11.3 Å². The van der Waals surface area contributed by atoms with Crippen molar-refractivity contribution in [3.05, 3.63) is 46.2 Å². The molecular weight excluding hydrogens is 306 g/mol. The van der Waals surface area contributed by atoms with Gasteiger partial charge in [0.25, 0.3) is 0 Å². The first-order valence-corrected chi connectivity index (χ1v) is 7.02. The third-order valence-electron chi connectivity index (χ3n) is 2.93. The maximum Gasteiger partial charge on any atom is 0.119 e. The Hall–Kier alpha value is -1.33. The SMILES string of the molecule is CNCc1cc(OCCc2ccnn2C)ccc1Br. The molecule has 1 N–H and O–H groups in total. The minimum Gasteiger partial charge on any atom is -0.493 e. The number of hydrogen-bond donors (Lipinski definition) is 1. The maximum absolute atomic E-state index is 5.79. The predicted molar refractivity (Wildman–Crippen MR) is 79.3 cm³/mol. The Bertz CT molecular complexity index is 539. The fraction of sp³-hybridized carbons (Fsp3) is 0.357. The van der Waals surface area contributed by atoms with Crippen molar-refractivity contribution >= 4 is 15.9 Å². The van der Waals surface area contributed by atoms with E-state index >= 15 is 0 Å². The molecule has 2 aromatic rings. The van der Waals surface area contributed by atoms with E-state index in [-0.39, 0.29) is 0 Å². The molecule has 102 valence electrons. The Morgan fingerprint density at radius 1 is 1.37 bits per heavy atom. The van der Waals surface area contributed by atoms with Crippen LogP contribution < -0.4 is 10.1 Å². The zero-order valence-electron chi connectivity index (χ0n) is 11.2. The lowest BCUT2D eigenvalue weighted by Crippen LogP contribution is -2.08. The largest absolute Gasteiger partial charge is 0.493 e. The number of ether oxygens (including phenoxy) is 1. The number of halogens is 1. The van der Waals surface area contributed by atoms with Gasteiger partial charge < -0.3 is 10.1 Å². The minimum atomic E-state index is 0.653. The average molecular weight is 324 g/mol. The van der Waals surface area contributed by atoms with Gasteiger partial charge in [-0.3, -0.25) is 4.68 Å². The normalized spacial score (nSPS) is 10.7. The van der Waals surface area contributed by atoms with Crippen molar-refractivity contribution in [3.63, 3.8) is 0 Å². The second-order valence-corrected chi connectivity index (χ2v) is 5.18. The quantitative estimate of drug-likeness (QED) is 0.887. The summed E-state index contributed by atoms with van der Waals surface area (Å²) in [6.07, 6.45) is 2.66. The van der Waals surface area contributed by atoms with Crippen molar-refractivity contribution in [2.45, 2.75) is 13.0 Å². The van der Waals surface area contributed by atoms with Crippen LogP contribution in [0.2, 0.25) is 0 Å².